The van der Waals surface area contributed by atoms with E-state index in [0.29, 0.717) is 159 Å². The van der Waals surface area contributed by atoms with Crippen molar-refractivity contribution in [2.24, 2.45) is 64.1 Å². The van der Waals surface area contributed by atoms with Gasteiger partial charge in [0.2, 0.25) is 23.6 Å². The maximum absolute atomic E-state index is 13.2. The minimum absolute atomic E-state index is 0.0316. The number of imide groups is 1. The van der Waals surface area contributed by atoms with Crippen LogP contribution in [0.2, 0.25) is 0 Å². The molecule has 6 aliphatic carbocycles. The third-order valence-electron chi connectivity index (χ3n) is 21.4. The Balaban J connectivity index is 0.527. The Morgan fingerprint density at radius 1 is 0.659 bits per heavy atom. The SMILES string of the molecule is CN(CCOCCOCCOCCOCCOCCOCCOCCCCCC1CC(Cl)CC(NC(=O)NCC2CCC3C(=O)N(C4CCC(=O)NC4=O)CC3C2)C1)C(=O)CC[C@H]1CC[C@H]2C3CC[C@H]4CC(=O)CC[C@]4(C)[C@H]3CC[C@]12C. The number of likely N-dealkylation sites (N-methyl/N-ethyl adjacent to an activating group) is 1. The first-order chi connectivity index (χ1) is 39.7. The van der Waals surface area contributed by atoms with Crippen molar-refractivity contribution in [3.63, 3.8) is 0 Å². The first-order valence-corrected chi connectivity index (χ1v) is 32.8. The molecule has 466 valence electrons. The van der Waals surface area contributed by atoms with Gasteiger partial charge in [0.15, 0.2) is 0 Å². The van der Waals surface area contributed by atoms with Crippen molar-refractivity contribution in [2.75, 3.05) is 119 Å². The molecule has 2 aliphatic heterocycles. The molecule has 0 aromatic heterocycles. The molecule has 6 saturated carbocycles. The summed E-state index contributed by atoms with van der Waals surface area (Å²) in [7, 11) is 1.90. The molecule has 8 aliphatic rings. The Labute approximate surface area is 495 Å². The van der Waals surface area contributed by atoms with E-state index in [9.17, 15) is 28.8 Å². The lowest BCUT2D eigenvalue weighted by Crippen LogP contribution is -2.53. The van der Waals surface area contributed by atoms with Crippen molar-refractivity contribution >= 4 is 47.0 Å². The summed E-state index contributed by atoms with van der Waals surface area (Å²) in [4.78, 5) is 79.2. The lowest BCUT2D eigenvalue weighted by atomic mass is 9.44. The van der Waals surface area contributed by atoms with Crippen LogP contribution in [0.25, 0.3) is 0 Å². The predicted molar refractivity (Wildman–Crippen MR) is 311 cm³/mol. The number of piperidine rings is 1. The number of ether oxygens (including phenoxy) is 7. The molecule has 2 heterocycles. The molecule has 8 rings (SSSR count). The number of hydrogen-bond acceptors (Lipinski definition) is 13. The number of Topliss-reactive ketones (excluding diaryl/α,β-unsaturated/α-hetero) is 1. The maximum atomic E-state index is 13.2. The van der Waals surface area contributed by atoms with Gasteiger partial charge in [-0.25, -0.2) is 4.79 Å². The fraction of sp³-hybridized carbons (Fsp3) is 0.905. The van der Waals surface area contributed by atoms with Crippen molar-refractivity contribution in [1.29, 1.82) is 0 Å². The third-order valence-corrected chi connectivity index (χ3v) is 21.7. The second-order valence-electron chi connectivity index (χ2n) is 26.4. The lowest BCUT2D eigenvalue weighted by molar-refractivity contribution is -0.144. The maximum Gasteiger partial charge on any atom is 0.315 e. The van der Waals surface area contributed by atoms with Crippen LogP contribution in [0.1, 0.15) is 162 Å². The second kappa shape index (κ2) is 32.7. The molecule has 8 fully saturated rings. The zero-order chi connectivity index (χ0) is 57.9. The summed E-state index contributed by atoms with van der Waals surface area (Å²) in [6, 6.07) is -0.675. The molecule has 82 heavy (non-hydrogen) atoms. The first kappa shape index (κ1) is 65.0. The number of carbonyl (C=O) groups excluding carboxylic acids is 6. The molecule has 3 N–H and O–H groups in total. The molecule has 2 saturated heterocycles. The average molecular weight is 1170 g/mol. The van der Waals surface area contributed by atoms with E-state index in [2.05, 4.69) is 29.8 Å². The number of nitrogens with one attached hydrogen (secondary N) is 3. The minimum Gasteiger partial charge on any atom is -0.379 e. The number of ketones is 1. The van der Waals surface area contributed by atoms with Crippen LogP contribution < -0.4 is 16.0 Å². The fourth-order valence-corrected chi connectivity index (χ4v) is 17.2. The number of rotatable bonds is 34. The summed E-state index contributed by atoms with van der Waals surface area (Å²) in [5.41, 5.74) is 0.696. The Morgan fingerprint density at radius 2 is 1.32 bits per heavy atom. The minimum atomic E-state index is -0.559. The van der Waals surface area contributed by atoms with Gasteiger partial charge < -0.3 is 53.6 Å². The number of unbranched alkanes of at least 4 members (excludes halogenated alkanes) is 2. The van der Waals surface area contributed by atoms with Crippen LogP contribution in [-0.2, 0) is 57.1 Å². The van der Waals surface area contributed by atoms with Crippen LogP contribution in [0.3, 0.4) is 0 Å². The summed E-state index contributed by atoms with van der Waals surface area (Å²) in [6.45, 7) is 13.9. The second-order valence-corrected chi connectivity index (χ2v) is 27.1. The monoisotopic (exact) mass is 1170 g/mol. The number of carbonyl (C=O) groups is 6. The molecule has 8 unspecified atom stereocenters. The number of hydrogen-bond donors (Lipinski definition) is 3. The Morgan fingerprint density at radius 3 is 2.00 bits per heavy atom. The highest BCUT2D eigenvalue weighted by Gasteiger charge is 2.60. The van der Waals surface area contributed by atoms with Gasteiger partial charge in [0.05, 0.1) is 85.9 Å². The number of alkyl halides is 1. The molecule has 0 aromatic rings. The molecule has 18 nitrogen and oxygen atoms in total. The molecular weight excluding hydrogens is 1070 g/mol. The Kier molecular flexibility index (Phi) is 25.9. The van der Waals surface area contributed by atoms with Crippen LogP contribution in [0.4, 0.5) is 4.79 Å². The van der Waals surface area contributed by atoms with Crippen LogP contribution in [0, 0.1) is 64.1 Å². The van der Waals surface area contributed by atoms with Gasteiger partial charge in [0.25, 0.3) is 0 Å². The van der Waals surface area contributed by atoms with Crippen molar-refractivity contribution in [2.45, 2.75) is 179 Å². The third kappa shape index (κ3) is 18.3. The zero-order valence-electron chi connectivity index (χ0n) is 50.3. The smallest absolute Gasteiger partial charge is 0.315 e. The standard InChI is InChI=1S/C63H104ClN5O13/c1-62-21-19-55-53(13-9-48-40-51(70)18-20-63(48,55)2)54(62)14-10-47(62)11-17-58(72)68(3)22-24-77-26-28-79-30-32-81-34-36-82-35-33-80-31-29-78-27-25-76-23-6-4-5-7-44-38-49(64)41-50(39-44)66-61(75)65-42-45-8-12-52-46(37-45)43-69(60(52)74)56-15-16-57(71)67-59(56)73/h44-50,52-56H,4-43H2,1-3H3,(H2,65,66,75)(H,67,71,73)/t44?,45?,46?,47-,48+,49?,50?,52?,53?,54+,55+,56?,62-,63+/m1/s1. The molecule has 0 bridgehead atoms. The van der Waals surface area contributed by atoms with E-state index >= 15 is 0 Å². The van der Waals surface area contributed by atoms with Crippen molar-refractivity contribution in [3.8, 4) is 0 Å². The molecule has 6 amide bonds. The van der Waals surface area contributed by atoms with Gasteiger partial charge in [0.1, 0.15) is 11.8 Å². The number of likely N-dealkylation sites (tertiary alicyclic amines) is 1. The van der Waals surface area contributed by atoms with Crippen LogP contribution in [-0.4, -0.2) is 182 Å². The van der Waals surface area contributed by atoms with Gasteiger partial charge in [-0.3, -0.25) is 29.3 Å². The average Bonchev–Trinajstić information content (AvgIpc) is 2.65. The molecule has 0 radical (unpaired) electrons. The topological polar surface area (TPSA) is 210 Å². The molecule has 19 heteroatoms. The van der Waals surface area contributed by atoms with E-state index in [1.54, 1.807) is 4.90 Å². The van der Waals surface area contributed by atoms with Crippen LogP contribution >= 0.6 is 11.6 Å². The van der Waals surface area contributed by atoms with Gasteiger partial charge >= 0.3 is 6.03 Å². The summed E-state index contributed by atoms with van der Waals surface area (Å²) >= 11 is 6.68. The highest BCUT2D eigenvalue weighted by molar-refractivity contribution is 6.20. The van der Waals surface area contributed by atoms with Gasteiger partial charge in [0, 0.05) is 76.3 Å². The Hall–Kier alpha value is -2.97. The summed E-state index contributed by atoms with van der Waals surface area (Å²) in [5, 5.41) is 8.70. The van der Waals surface area contributed by atoms with Gasteiger partial charge in [-0.2, -0.15) is 0 Å². The number of amides is 6. The quantitative estimate of drug-likeness (QED) is 0.0319. The number of fused-ring (bicyclic) bond motifs is 6. The van der Waals surface area contributed by atoms with E-state index < -0.39 is 6.04 Å². The fourth-order valence-electron chi connectivity index (χ4n) is 16.8. The van der Waals surface area contributed by atoms with E-state index in [1.165, 1.54) is 38.5 Å². The largest absolute Gasteiger partial charge is 0.379 e. The lowest BCUT2D eigenvalue weighted by Gasteiger charge is -2.60. The Bertz CT molecular complexity index is 2060. The zero-order valence-corrected chi connectivity index (χ0v) is 51.0. The van der Waals surface area contributed by atoms with Crippen LogP contribution in [0.5, 0.6) is 0 Å². The van der Waals surface area contributed by atoms with Gasteiger partial charge in [-0.05, 0) is 161 Å². The van der Waals surface area contributed by atoms with E-state index in [4.69, 9.17) is 44.8 Å². The van der Waals surface area contributed by atoms with Crippen molar-refractivity contribution in [1.82, 2.24) is 25.8 Å². The summed E-state index contributed by atoms with van der Waals surface area (Å²) in [6.07, 6.45) is 22.0. The van der Waals surface area contributed by atoms with E-state index in [0.717, 1.165) is 108 Å². The highest BCUT2D eigenvalue weighted by atomic mass is 35.5. The normalized spacial score (nSPS) is 33.5. The molecule has 14 atom stereocenters. The number of halogens is 1. The van der Waals surface area contributed by atoms with E-state index in [-0.39, 0.29) is 65.3 Å². The highest BCUT2D eigenvalue weighted by Crippen LogP contribution is 2.67. The summed E-state index contributed by atoms with van der Waals surface area (Å²) < 4.78 is 39.7. The summed E-state index contributed by atoms with van der Waals surface area (Å²) in [5.74, 6) is 4.50. The van der Waals surface area contributed by atoms with Crippen LogP contribution in [0.15, 0.2) is 0 Å². The predicted octanol–water partition coefficient (Wildman–Crippen LogP) is 7.88. The number of urea groups is 1. The molecule has 0 spiro atoms. The molecule has 0 aromatic carbocycles. The van der Waals surface area contributed by atoms with Crippen molar-refractivity contribution < 1.29 is 61.9 Å². The van der Waals surface area contributed by atoms with E-state index in [1.807, 2.05) is 11.9 Å². The van der Waals surface area contributed by atoms with Crippen molar-refractivity contribution in [3.05, 3.63) is 0 Å². The van der Waals surface area contributed by atoms with Gasteiger partial charge in [-0.15, -0.1) is 11.6 Å². The molecular formula is C63H104ClN5O13. The van der Waals surface area contributed by atoms with Gasteiger partial charge in [-0.1, -0.05) is 33.1 Å². The number of nitrogens with zero attached hydrogens (tertiary/aromatic N) is 2. The first-order valence-electron chi connectivity index (χ1n) is 32.3.